The van der Waals surface area contributed by atoms with Gasteiger partial charge in [0, 0.05) is 30.1 Å². The van der Waals surface area contributed by atoms with Crippen molar-refractivity contribution in [2.24, 2.45) is 0 Å². The van der Waals surface area contributed by atoms with Gasteiger partial charge in [-0.3, -0.25) is 15.1 Å². The minimum Gasteiger partial charge on any atom is -0.304 e. The molecule has 3 aromatic rings. The molecular weight excluding hydrogens is 316 g/mol. The Morgan fingerprint density at radius 3 is 2.74 bits per heavy atom. The van der Waals surface area contributed by atoms with Crippen molar-refractivity contribution in [3.8, 4) is 11.4 Å². The molecule has 0 aliphatic carbocycles. The summed E-state index contributed by atoms with van der Waals surface area (Å²) in [4.78, 5) is 14.4. The van der Waals surface area contributed by atoms with Crippen molar-refractivity contribution in [2.75, 3.05) is 5.43 Å². The first-order valence-corrected chi connectivity index (χ1v) is 7.64. The Morgan fingerprint density at radius 1 is 1.22 bits per heavy atom. The maximum Gasteiger partial charge on any atom is 0.269 e. The van der Waals surface area contributed by atoms with Gasteiger partial charge < -0.3 is 5.43 Å². The van der Waals surface area contributed by atoms with Gasteiger partial charge in [-0.1, -0.05) is 11.8 Å². The van der Waals surface area contributed by atoms with Crippen molar-refractivity contribution in [1.82, 2.24) is 19.9 Å². The van der Waals surface area contributed by atoms with Crippen molar-refractivity contribution in [3.05, 3.63) is 64.5 Å². The van der Waals surface area contributed by atoms with Crippen molar-refractivity contribution >= 4 is 17.4 Å². The number of fused-ring (bicyclic) bond motifs is 1. The molecule has 9 heteroatoms. The lowest BCUT2D eigenvalue weighted by atomic mass is 10.2. The number of pyridine rings is 1. The number of thioether (sulfide) groups is 1. The van der Waals surface area contributed by atoms with Crippen molar-refractivity contribution in [3.63, 3.8) is 0 Å². The molecule has 1 N–H and O–H groups in total. The fraction of sp³-hybridized carbons (Fsp3) is 0.0714. The maximum absolute atomic E-state index is 10.7. The predicted molar refractivity (Wildman–Crippen MR) is 84.3 cm³/mol. The van der Waals surface area contributed by atoms with Crippen LogP contribution in [0.3, 0.4) is 0 Å². The van der Waals surface area contributed by atoms with E-state index in [1.807, 2.05) is 16.8 Å². The van der Waals surface area contributed by atoms with Gasteiger partial charge in [-0.25, -0.2) is 4.68 Å². The van der Waals surface area contributed by atoms with Gasteiger partial charge in [0.15, 0.2) is 5.82 Å². The molecule has 1 aliphatic heterocycles. The second-order valence-corrected chi connectivity index (χ2v) is 5.93. The highest BCUT2D eigenvalue weighted by atomic mass is 32.2. The molecule has 0 unspecified atom stereocenters. The van der Waals surface area contributed by atoms with Gasteiger partial charge in [-0.05, 0) is 29.8 Å². The van der Waals surface area contributed by atoms with E-state index in [0.29, 0.717) is 5.82 Å². The van der Waals surface area contributed by atoms with E-state index in [-0.39, 0.29) is 11.1 Å². The van der Waals surface area contributed by atoms with Crippen LogP contribution in [0.15, 0.2) is 53.9 Å². The Morgan fingerprint density at radius 2 is 2.04 bits per heavy atom. The third-order valence-electron chi connectivity index (χ3n) is 3.43. The van der Waals surface area contributed by atoms with E-state index in [2.05, 4.69) is 20.6 Å². The Kier molecular flexibility index (Phi) is 3.19. The topological polar surface area (TPSA) is 98.8 Å². The van der Waals surface area contributed by atoms with Crippen molar-refractivity contribution < 1.29 is 4.92 Å². The molecule has 0 saturated carbocycles. The lowest BCUT2D eigenvalue weighted by Crippen LogP contribution is -2.13. The highest BCUT2D eigenvalue weighted by Gasteiger charge is 2.28. The van der Waals surface area contributed by atoms with Crippen LogP contribution in [0, 0.1) is 10.1 Å². The van der Waals surface area contributed by atoms with Crippen molar-refractivity contribution in [2.45, 2.75) is 10.5 Å². The zero-order chi connectivity index (χ0) is 15.8. The minimum atomic E-state index is -0.408. The quantitative estimate of drug-likeness (QED) is 0.583. The summed E-state index contributed by atoms with van der Waals surface area (Å²) in [6.07, 6.45) is 3.43. The highest BCUT2D eigenvalue weighted by Crippen LogP contribution is 2.40. The number of nitrogens with one attached hydrogen (secondary N) is 1. The van der Waals surface area contributed by atoms with Crippen LogP contribution in [0.25, 0.3) is 11.4 Å². The standard InChI is InChI=1S/C14H10N6O2S/c21-20(22)11-5-3-9(4-6-11)13-18-19-12(16-17-14(19)23-13)10-2-1-7-15-8-10/h1-8,13,18H/t13-/m1/s1. The fourth-order valence-corrected chi connectivity index (χ4v) is 3.30. The van der Waals surface area contributed by atoms with E-state index in [4.69, 9.17) is 0 Å². The second-order valence-electron chi connectivity index (χ2n) is 4.86. The van der Waals surface area contributed by atoms with Gasteiger partial charge in [0.05, 0.1) is 4.92 Å². The van der Waals surface area contributed by atoms with Crippen molar-refractivity contribution in [1.29, 1.82) is 0 Å². The summed E-state index contributed by atoms with van der Waals surface area (Å²) in [7, 11) is 0. The number of nitrogens with zero attached hydrogens (tertiary/aromatic N) is 5. The van der Waals surface area contributed by atoms with Gasteiger partial charge in [0.1, 0.15) is 5.37 Å². The van der Waals surface area contributed by atoms with Gasteiger partial charge in [-0.15, -0.1) is 10.2 Å². The molecule has 0 spiro atoms. The minimum absolute atomic E-state index is 0.0725. The molecular formula is C14H10N6O2S. The first-order chi connectivity index (χ1) is 11.2. The molecule has 1 aliphatic rings. The average molecular weight is 326 g/mol. The fourth-order valence-electron chi connectivity index (χ4n) is 2.31. The second kappa shape index (κ2) is 5.36. The van der Waals surface area contributed by atoms with Crippen LogP contribution in [0.2, 0.25) is 0 Å². The first-order valence-electron chi connectivity index (χ1n) is 6.76. The summed E-state index contributed by atoms with van der Waals surface area (Å²) in [5, 5.41) is 19.7. The Bertz CT molecular complexity index is 865. The first kappa shape index (κ1) is 13.7. The zero-order valence-corrected chi connectivity index (χ0v) is 12.5. The number of non-ortho nitro benzene ring substituents is 1. The normalized spacial score (nSPS) is 15.9. The maximum atomic E-state index is 10.7. The van der Waals surface area contributed by atoms with E-state index in [1.54, 1.807) is 24.5 Å². The number of nitro groups is 1. The summed E-state index contributed by atoms with van der Waals surface area (Å²) >= 11 is 1.51. The third-order valence-corrected chi connectivity index (χ3v) is 4.52. The molecule has 8 nitrogen and oxygen atoms in total. The molecule has 1 atom stereocenters. The van der Waals surface area contributed by atoms with E-state index >= 15 is 0 Å². The average Bonchev–Trinajstić information content (AvgIpc) is 3.16. The molecule has 0 bridgehead atoms. The smallest absolute Gasteiger partial charge is 0.269 e. The molecule has 4 rings (SSSR count). The lowest BCUT2D eigenvalue weighted by Gasteiger charge is -2.11. The van der Waals surface area contributed by atoms with E-state index in [9.17, 15) is 10.1 Å². The molecule has 2 aromatic heterocycles. The van der Waals surface area contributed by atoms with E-state index < -0.39 is 4.92 Å². The number of rotatable bonds is 3. The molecule has 1 aromatic carbocycles. The summed E-state index contributed by atoms with van der Waals surface area (Å²) < 4.78 is 1.81. The summed E-state index contributed by atoms with van der Waals surface area (Å²) in [5.74, 6) is 0.685. The van der Waals surface area contributed by atoms with Gasteiger partial charge in [0.2, 0.25) is 5.16 Å². The van der Waals surface area contributed by atoms with Gasteiger partial charge in [-0.2, -0.15) is 0 Å². The van der Waals surface area contributed by atoms with Crippen LogP contribution < -0.4 is 5.43 Å². The number of nitro benzene ring substituents is 1. The Balaban J connectivity index is 1.61. The number of aromatic nitrogens is 4. The molecule has 23 heavy (non-hydrogen) atoms. The highest BCUT2D eigenvalue weighted by molar-refractivity contribution is 7.99. The largest absolute Gasteiger partial charge is 0.304 e. The van der Waals surface area contributed by atoms with Crippen LogP contribution >= 0.6 is 11.8 Å². The molecule has 0 saturated heterocycles. The van der Waals surface area contributed by atoms with E-state index in [1.165, 1.54) is 23.9 Å². The van der Waals surface area contributed by atoms with E-state index in [0.717, 1.165) is 16.3 Å². The number of hydrogen-bond acceptors (Lipinski definition) is 7. The number of hydrogen-bond donors (Lipinski definition) is 1. The van der Waals surface area contributed by atoms with Crippen LogP contribution in [0.1, 0.15) is 10.9 Å². The van der Waals surface area contributed by atoms with Crippen LogP contribution in [0.5, 0.6) is 0 Å². The molecule has 0 amide bonds. The van der Waals surface area contributed by atoms with Crippen LogP contribution in [0.4, 0.5) is 5.69 Å². The summed E-state index contributed by atoms with van der Waals surface area (Å²) in [6, 6.07) is 10.2. The van der Waals surface area contributed by atoms with Crippen LogP contribution in [-0.4, -0.2) is 24.8 Å². The van der Waals surface area contributed by atoms with Gasteiger partial charge in [0.25, 0.3) is 5.69 Å². The monoisotopic (exact) mass is 326 g/mol. The third kappa shape index (κ3) is 2.40. The van der Waals surface area contributed by atoms with Gasteiger partial charge >= 0.3 is 0 Å². The molecule has 3 heterocycles. The lowest BCUT2D eigenvalue weighted by molar-refractivity contribution is -0.384. The zero-order valence-electron chi connectivity index (χ0n) is 11.7. The molecule has 114 valence electrons. The summed E-state index contributed by atoms with van der Waals surface area (Å²) in [6.45, 7) is 0. The molecule has 0 radical (unpaired) electrons. The molecule has 0 fully saturated rings. The summed E-state index contributed by atoms with van der Waals surface area (Å²) in [5.41, 5.74) is 5.18. The Hall–Kier alpha value is -2.94. The SMILES string of the molecule is O=[N+]([O-])c1ccc([C@@H]2Nn3c(nnc3-c3cccnc3)S2)cc1. The number of benzene rings is 1. The van der Waals surface area contributed by atoms with Crippen LogP contribution in [-0.2, 0) is 0 Å². The predicted octanol–water partition coefficient (Wildman–Crippen LogP) is 2.60. The Labute approximate surface area is 134 Å².